The molecule has 4 rings (SSSR count). The Bertz CT molecular complexity index is 844. The van der Waals surface area contributed by atoms with E-state index in [9.17, 15) is 19.2 Å². The van der Waals surface area contributed by atoms with Crippen LogP contribution in [0, 0.1) is 0 Å². The molecule has 0 radical (unpaired) electrons. The average molecular weight is 427 g/mol. The molecule has 1 aromatic rings. The fourth-order valence-electron chi connectivity index (χ4n) is 5.15. The Morgan fingerprint density at radius 2 is 1.68 bits per heavy atom. The van der Waals surface area contributed by atoms with Gasteiger partial charge in [0.1, 0.15) is 11.6 Å². The molecule has 166 valence electrons. The van der Waals surface area contributed by atoms with Crippen LogP contribution in [-0.2, 0) is 14.4 Å². The molecule has 1 aliphatic heterocycles. The van der Waals surface area contributed by atoms with Crippen molar-refractivity contribution >= 4 is 29.4 Å². The van der Waals surface area contributed by atoms with Gasteiger partial charge in [-0.1, -0.05) is 50.3 Å². The minimum atomic E-state index is -0.988. The summed E-state index contributed by atoms with van der Waals surface area (Å²) in [5, 5.41) is 7.89. The molecule has 3 fully saturated rings. The third-order valence-electron chi connectivity index (χ3n) is 6.72. The summed E-state index contributed by atoms with van der Waals surface area (Å²) in [4.78, 5) is 52.5. The highest BCUT2D eigenvalue weighted by Crippen LogP contribution is 2.38. The fraction of sp³-hybridized carbons (Fsp3) is 0.565. The summed E-state index contributed by atoms with van der Waals surface area (Å²) in [7, 11) is 0. The van der Waals surface area contributed by atoms with Gasteiger partial charge >= 0.3 is 6.03 Å². The number of carbonyl (C=O) groups excluding carboxylic acids is 4. The molecule has 8 nitrogen and oxygen atoms in total. The molecule has 1 atom stereocenters. The monoisotopic (exact) mass is 426 g/mol. The van der Waals surface area contributed by atoms with E-state index in [4.69, 9.17) is 0 Å². The van der Waals surface area contributed by atoms with Crippen LogP contribution in [0.5, 0.6) is 0 Å². The van der Waals surface area contributed by atoms with Gasteiger partial charge in [-0.3, -0.25) is 24.6 Å². The highest BCUT2D eigenvalue weighted by molar-refractivity contribution is 6.09. The minimum Gasteiger partial charge on any atom is -0.351 e. The first kappa shape index (κ1) is 21.3. The molecule has 0 aromatic heterocycles. The lowest BCUT2D eigenvalue weighted by atomic mass is 9.78. The molecule has 31 heavy (non-hydrogen) atoms. The van der Waals surface area contributed by atoms with Gasteiger partial charge in [-0.15, -0.1) is 0 Å². The van der Waals surface area contributed by atoms with Crippen LogP contribution in [0.1, 0.15) is 64.2 Å². The zero-order chi connectivity index (χ0) is 21.8. The van der Waals surface area contributed by atoms with Gasteiger partial charge in [0.2, 0.25) is 11.8 Å². The molecule has 8 heteroatoms. The summed E-state index contributed by atoms with van der Waals surface area (Å²) in [6.45, 7) is 0. The Labute approximate surface area is 182 Å². The molecule has 5 amide bonds. The maximum Gasteiger partial charge on any atom is 0.322 e. The third-order valence-corrected chi connectivity index (χ3v) is 6.72. The number of nitrogens with one attached hydrogen (secondary N) is 3. The molecular formula is C23H30N4O4. The maximum atomic E-state index is 13.7. The number of anilines is 1. The van der Waals surface area contributed by atoms with E-state index in [0.29, 0.717) is 18.5 Å². The van der Waals surface area contributed by atoms with E-state index in [2.05, 4.69) is 16.0 Å². The molecule has 1 saturated heterocycles. The van der Waals surface area contributed by atoms with E-state index in [1.165, 1.54) is 0 Å². The Morgan fingerprint density at radius 1 is 1.00 bits per heavy atom. The van der Waals surface area contributed by atoms with Crippen molar-refractivity contribution in [3.63, 3.8) is 0 Å². The number of rotatable bonds is 6. The number of imide groups is 1. The number of hydrogen-bond donors (Lipinski definition) is 3. The fourth-order valence-corrected chi connectivity index (χ4v) is 5.15. The summed E-state index contributed by atoms with van der Waals surface area (Å²) < 4.78 is 0. The summed E-state index contributed by atoms with van der Waals surface area (Å²) in [6.07, 6.45) is 7.85. The molecule has 0 bridgehead atoms. The number of carbonyl (C=O) groups is 4. The van der Waals surface area contributed by atoms with Crippen molar-refractivity contribution in [1.82, 2.24) is 16.0 Å². The second-order valence-electron chi connectivity index (χ2n) is 8.83. The highest BCUT2D eigenvalue weighted by Gasteiger charge is 2.49. The lowest BCUT2D eigenvalue weighted by molar-refractivity contribution is -0.133. The number of nitrogens with zero attached hydrogens (tertiary/aromatic N) is 1. The second kappa shape index (κ2) is 9.08. The predicted molar refractivity (Wildman–Crippen MR) is 115 cm³/mol. The van der Waals surface area contributed by atoms with Crippen molar-refractivity contribution in [1.29, 1.82) is 0 Å². The van der Waals surface area contributed by atoms with Gasteiger partial charge < -0.3 is 10.6 Å². The average Bonchev–Trinajstić information content (AvgIpc) is 3.38. The normalized spacial score (nSPS) is 23.2. The smallest absolute Gasteiger partial charge is 0.322 e. The molecule has 2 saturated carbocycles. The summed E-state index contributed by atoms with van der Waals surface area (Å²) in [6, 6.07) is 7.82. The van der Waals surface area contributed by atoms with Crippen LogP contribution in [0.4, 0.5) is 10.5 Å². The SMILES string of the molecule is O=C1NC(=O)[C@@H](CC(=O)N(c2ccccc2)C2(C(=O)NC3CCCC3)CCCCC2)N1. The number of para-hydroxylation sites is 1. The molecule has 1 heterocycles. The predicted octanol–water partition coefficient (Wildman–Crippen LogP) is 2.38. The van der Waals surface area contributed by atoms with Crippen LogP contribution in [0.3, 0.4) is 0 Å². The lowest BCUT2D eigenvalue weighted by Crippen LogP contribution is -2.63. The van der Waals surface area contributed by atoms with E-state index in [-0.39, 0.29) is 24.3 Å². The molecule has 2 aliphatic carbocycles. The Kier molecular flexibility index (Phi) is 6.25. The van der Waals surface area contributed by atoms with E-state index < -0.39 is 23.5 Å². The summed E-state index contributed by atoms with van der Waals surface area (Å²) in [5.41, 5.74) is -0.348. The van der Waals surface area contributed by atoms with E-state index >= 15 is 0 Å². The van der Waals surface area contributed by atoms with Crippen LogP contribution in [0.2, 0.25) is 0 Å². The number of amides is 5. The van der Waals surface area contributed by atoms with Crippen LogP contribution in [0.25, 0.3) is 0 Å². The number of benzene rings is 1. The standard InChI is InChI=1S/C23H30N4O4/c28-19(15-18-20(29)26-22(31)25-18)27(17-11-3-1-4-12-17)23(13-7-2-8-14-23)21(30)24-16-9-5-6-10-16/h1,3-4,11-12,16,18H,2,5-10,13-15H2,(H,24,30)(H2,25,26,29,31)/t18-/m1/s1. The molecular weight excluding hydrogens is 396 g/mol. The first-order valence-electron chi connectivity index (χ1n) is 11.3. The third kappa shape index (κ3) is 4.43. The molecule has 0 unspecified atom stereocenters. The first-order chi connectivity index (χ1) is 15.0. The van der Waals surface area contributed by atoms with Gasteiger partial charge in [0.15, 0.2) is 0 Å². The van der Waals surface area contributed by atoms with Crippen LogP contribution in [-0.4, -0.2) is 41.4 Å². The summed E-state index contributed by atoms with van der Waals surface area (Å²) in [5.74, 6) is -0.951. The van der Waals surface area contributed by atoms with Gasteiger partial charge in [-0.2, -0.15) is 0 Å². The minimum absolute atomic E-state index is 0.101. The van der Waals surface area contributed by atoms with Gasteiger partial charge in [0, 0.05) is 11.7 Å². The summed E-state index contributed by atoms with van der Waals surface area (Å²) >= 11 is 0. The first-order valence-corrected chi connectivity index (χ1v) is 11.3. The van der Waals surface area contributed by atoms with Crippen molar-refractivity contribution < 1.29 is 19.2 Å². The molecule has 1 aromatic carbocycles. The van der Waals surface area contributed by atoms with Crippen molar-refractivity contribution in [3.8, 4) is 0 Å². The number of hydrogen-bond acceptors (Lipinski definition) is 4. The Morgan fingerprint density at radius 3 is 2.29 bits per heavy atom. The van der Waals surface area contributed by atoms with Crippen LogP contribution in [0.15, 0.2) is 30.3 Å². The van der Waals surface area contributed by atoms with Crippen LogP contribution < -0.4 is 20.9 Å². The largest absolute Gasteiger partial charge is 0.351 e. The van der Waals surface area contributed by atoms with Crippen molar-refractivity contribution in [2.75, 3.05) is 4.90 Å². The topological polar surface area (TPSA) is 108 Å². The molecule has 0 spiro atoms. The van der Waals surface area contributed by atoms with Gasteiger partial charge in [-0.05, 0) is 37.8 Å². The Balaban J connectivity index is 1.66. The maximum absolute atomic E-state index is 13.7. The van der Waals surface area contributed by atoms with Gasteiger partial charge in [0.05, 0.1) is 6.42 Å². The second-order valence-corrected chi connectivity index (χ2v) is 8.83. The zero-order valence-corrected chi connectivity index (χ0v) is 17.7. The molecule has 3 aliphatic rings. The van der Waals surface area contributed by atoms with Crippen molar-refractivity contribution in [2.45, 2.75) is 81.8 Å². The highest BCUT2D eigenvalue weighted by atomic mass is 16.2. The Hall–Kier alpha value is -2.90. The van der Waals surface area contributed by atoms with Crippen molar-refractivity contribution in [2.24, 2.45) is 0 Å². The molecule has 3 N–H and O–H groups in total. The van der Waals surface area contributed by atoms with E-state index in [0.717, 1.165) is 44.9 Å². The van der Waals surface area contributed by atoms with Crippen LogP contribution >= 0.6 is 0 Å². The quantitative estimate of drug-likeness (QED) is 0.607. The van der Waals surface area contributed by atoms with Gasteiger partial charge in [0.25, 0.3) is 5.91 Å². The lowest BCUT2D eigenvalue weighted by Gasteiger charge is -2.45. The number of urea groups is 1. The van der Waals surface area contributed by atoms with Crippen molar-refractivity contribution in [3.05, 3.63) is 30.3 Å². The van der Waals surface area contributed by atoms with E-state index in [1.54, 1.807) is 4.90 Å². The van der Waals surface area contributed by atoms with E-state index in [1.807, 2.05) is 30.3 Å². The zero-order valence-electron chi connectivity index (χ0n) is 17.7. The van der Waals surface area contributed by atoms with Gasteiger partial charge in [-0.25, -0.2) is 4.79 Å².